The molecule has 0 saturated carbocycles. The van der Waals surface area contributed by atoms with Gasteiger partial charge in [0.1, 0.15) is 11.6 Å². The SMILES string of the molecule is CN(C)Cc1ccccc1CNC(=O)CNC(=O)c1cc(F)cc(F)c1. The first-order valence-corrected chi connectivity index (χ1v) is 8.07. The van der Waals surface area contributed by atoms with Gasteiger partial charge < -0.3 is 15.5 Å². The van der Waals surface area contributed by atoms with Crippen LogP contribution in [-0.4, -0.2) is 37.4 Å². The van der Waals surface area contributed by atoms with Crippen LogP contribution in [0.15, 0.2) is 42.5 Å². The first-order valence-electron chi connectivity index (χ1n) is 8.07. The van der Waals surface area contributed by atoms with E-state index in [9.17, 15) is 18.4 Å². The predicted molar refractivity (Wildman–Crippen MR) is 94.4 cm³/mol. The maximum absolute atomic E-state index is 13.1. The van der Waals surface area contributed by atoms with E-state index >= 15 is 0 Å². The molecule has 2 N–H and O–H groups in total. The van der Waals surface area contributed by atoms with Crippen LogP contribution >= 0.6 is 0 Å². The minimum atomic E-state index is -0.850. The predicted octanol–water partition coefficient (Wildman–Crippen LogP) is 2.07. The van der Waals surface area contributed by atoms with Gasteiger partial charge in [-0.25, -0.2) is 8.78 Å². The average Bonchev–Trinajstić information content (AvgIpc) is 2.57. The van der Waals surface area contributed by atoms with Crippen LogP contribution < -0.4 is 10.6 Å². The van der Waals surface area contributed by atoms with Crippen molar-refractivity contribution in [2.75, 3.05) is 20.6 Å². The van der Waals surface area contributed by atoms with Crippen LogP contribution in [0.4, 0.5) is 8.78 Å². The molecule has 0 bridgehead atoms. The van der Waals surface area contributed by atoms with Crippen LogP contribution in [0.1, 0.15) is 21.5 Å². The lowest BCUT2D eigenvalue weighted by atomic mass is 10.1. The van der Waals surface area contributed by atoms with Crippen LogP contribution in [0.5, 0.6) is 0 Å². The van der Waals surface area contributed by atoms with Gasteiger partial charge in [0, 0.05) is 24.7 Å². The minimum Gasteiger partial charge on any atom is -0.350 e. The smallest absolute Gasteiger partial charge is 0.251 e. The molecule has 26 heavy (non-hydrogen) atoms. The van der Waals surface area contributed by atoms with Gasteiger partial charge in [-0.3, -0.25) is 9.59 Å². The summed E-state index contributed by atoms with van der Waals surface area (Å²) in [4.78, 5) is 25.8. The van der Waals surface area contributed by atoms with Gasteiger partial charge in [0.25, 0.3) is 5.91 Å². The highest BCUT2D eigenvalue weighted by molar-refractivity contribution is 5.96. The highest BCUT2D eigenvalue weighted by atomic mass is 19.1. The number of benzene rings is 2. The Morgan fingerprint density at radius 3 is 2.19 bits per heavy atom. The number of carbonyl (C=O) groups excluding carboxylic acids is 2. The summed E-state index contributed by atoms with van der Waals surface area (Å²) in [6.45, 7) is 0.786. The van der Waals surface area contributed by atoms with E-state index in [1.807, 2.05) is 43.3 Å². The van der Waals surface area contributed by atoms with Crippen molar-refractivity contribution in [1.29, 1.82) is 0 Å². The maximum atomic E-state index is 13.1. The van der Waals surface area contributed by atoms with Gasteiger partial charge in [0.05, 0.1) is 6.54 Å². The second-order valence-corrected chi connectivity index (χ2v) is 6.12. The molecule has 2 aromatic carbocycles. The molecule has 0 saturated heterocycles. The number of amides is 2. The van der Waals surface area contributed by atoms with Crippen molar-refractivity contribution in [1.82, 2.24) is 15.5 Å². The lowest BCUT2D eigenvalue weighted by molar-refractivity contribution is -0.120. The summed E-state index contributed by atoms with van der Waals surface area (Å²) in [7, 11) is 3.92. The van der Waals surface area contributed by atoms with Gasteiger partial charge in [-0.05, 0) is 37.4 Å². The van der Waals surface area contributed by atoms with Crippen molar-refractivity contribution in [3.8, 4) is 0 Å². The average molecular weight is 361 g/mol. The number of hydrogen-bond donors (Lipinski definition) is 2. The Balaban J connectivity index is 1.87. The zero-order valence-electron chi connectivity index (χ0n) is 14.7. The summed E-state index contributed by atoms with van der Waals surface area (Å²) in [6, 6.07) is 10.2. The molecule has 138 valence electrons. The van der Waals surface area contributed by atoms with Crippen LogP contribution in [0.2, 0.25) is 0 Å². The number of nitrogens with one attached hydrogen (secondary N) is 2. The molecule has 0 fully saturated rings. The van der Waals surface area contributed by atoms with E-state index in [-0.39, 0.29) is 12.1 Å². The molecule has 0 aromatic heterocycles. The molecule has 0 atom stereocenters. The summed E-state index contributed by atoms with van der Waals surface area (Å²) in [5, 5.41) is 5.07. The Morgan fingerprint density at radius 1 is 0.962 bits per heavy atom. The fourth-order valence-electron chi connectivity index (χ4n) is 2.43. The Kier molecular flexibility index (Phi) is 6.80. The summed E-state index contributed by atoms with van der Waals surface area (Å²) in [5.41, 5.74) is 1.90. The molecule has 5 nitrogen and oxygen atoms in total. The van der Waals surface area contributed by atoms with Crippen LogP contribution in [-0.2, 0) is 17.9 Å². The molecule has 0 unspecified atom stereocenters. The van der Waals surface area contributed by atoms with E-state index < -0.39 is 23.4 Å². The van der Waals surface area contributed by atoms with E-state index in [1.165, 1.54) is 0 Å². The molecule has 2 rings (SSSR count). The fourth-order valence-corrected chi connectivity index (χ4v) is 2.43. The van der Waals surface area contributed by atoms with Crippen molar-refractivity contribution in [2.24, 2.45) is 0 Å². The molecule has 2 aromatic rings. The lowest BCUT2D eigenvalue weighted by Gasteiger charge is -2.14. The van der Waals surface area contributed by atoms with Gasteiger partial charge in [-0.1, -0.05) is 24.3 Å². The molecular formula is C19H21F2N3O2. The lowest BCUT2D eigenvalue weighted by Crippen LogP contribution is -2.36. The second-order valence-electron chi connectivity index (χ2n) is 6.12. The molecule has 0 spiro atoms. The highest BCUT2D eigenvalue weighted by Gasteiger charge is 2.11. The Morgan fingerprint density at radius 2 is 1.58 bits per heavy atom. The van der Waals surface area contributed by atoms with E-state index in [0.29, 0.717) is 12.6 Å². The second kappa shape index (κ2) is 9.05. The van der Waals surface area contributed by atoms with Crippen molar-refractivity contribution in [2.45, 2.75) is 13.1 Å². The van der Waals surface area contributed by atoms with Gasteiger partial charge in [-0.2, -0.15) is 0 Å². The molecule has 7 heteroatoms. The number of halogens is 2. The van der Waals surface area contributed by atoms with E-state index in [4.69, 9.17) is 0 Å². The maximum Gasteiger partial charge on any atom is 0.251 e. The Bertz CT molecular complexity index is 774. The number of carbonyl (C=O) groups is 2. The molecule has 0 aliphatic carbocycles. The molecule has 0 aliphatic heterocycles. The van der Waals surface area contributed by atoms with E-state index in [1.54, 1.807) is 0 Å². The van der Waals surface area contributed by atoms with Crippen LogP contribution in [0.25, 0.3) is 0 Å². The molecule has 2 amide bonds. The van der Waals surface area contributed by atoms with Crippen molar-refractivity contribution < 1.29 is 18.4 Å². The van der Waals surface area contributed by atoms with Crippen LogP contribution in [0, 0.1) is 11.6 Å². The van der Waals surface area contributed by atoms with E-state index in [2.05, 4.69) is 10.6 Å². The monoisotopic (exact) mass is 361 g/mol. The summed E-state index contributed by atoms with van der Waals surface area (Å²) >= 11 is 0. The normalized spacial score (nSPS) is 10.7. The molecular weight excluding hydrogens is 340 g/mol. The molecule has 0 radical (unpaired) electrons. The topological polar surface area (TPSA) is 61.4 Å². The highest BCUT2D eigenvalue weighted by Crippen LogP contribution is 2.10. The van der Waals surface area contributed by atoms with Crippen molar-refractivity contribution >= 4 is 11.8 Å². The standard InChI is InChI=1S/C19H21F2N3O2/c1-24(2)12-14-6-4-3-5-13(14)10-22-18(25)11-23-19(26)15-7-16(20)9-17(21)8-15/h3-9H,10-12H2,1-2H3,(H,22,25)(H,23,26). The van der Waals surface area contributed by atoms with Crippen LogP contribution in [0.3, 0.4) is 0 Å². The largest absolute Gasteiger partial charge is 0.350 e. The Hall–Kier alpha value is -2.80. The third-order valence-corrected chi connectivity index (χ3v) is 3.62. The first-order chi connectivity index (χ1) is 12.3. The van der Waals surface area contributed by atoms with Gasteiger partial charge in [0.15, 0.2) is 0 Å². The summed E-state index contributed by atoms with van der Waals surface area (Å²) in [6.07, 6.45) is 0. The van der Waals surface area contributed by atoms with Gasteiger partial charge in [0.2, 0.25) is 5.91 Å². The number of nitrogens with zero attached hydrogens (tertiary/aromatic N) is 1. The van der Waals surface area contributed by atoms with Crippen molar-refractivity contribution in [3.05, 3.63) is 70.8 Å². The molecule has 0 heterocycles. The first kappa shape index (κ1) is 19.5. The molecule has 0 aliphatic rings. The third kappa shape index (κ3) is 5.93. The third-order valence-electron chi connectivity index (χ3n) is 3.62. The fraction of sp³-hybridized carbons (Fsp3) is 0.263. The Labute approximate surface area is 151 Å². The minimum absolute atomic E-state index is 0.174. The number of rotatable bonds is 7. The summed E-state index contributed by atoms with van der Waals surface area (Å²) in [5.74, 6) is -2.81. The summed E-state index contributed by atoms with van der Waals surface area (Å²) < 4.78 is 26.2. The van der Waals surface area contributed by atoms with Crippen molar-refractivity contribution in [3.63, 3.8) is 0 Å². The quantitative estimate of drug-likeness (QED) is 0.794. The van der Waals surface area contributed by atoms with Gasteiger partial charge >= 0.3 is 0 Å². The van der Waals surface area contributed by atoms with Gasteiger partial charge in [-0.15, -0.1) is 0 Å². The van der Waals surface area contributed by atoms with E-state index in [0.717, 1.165) is 29.8 Å². The zero-order chi connectivity index (χ0) is 19.1. The number of hydrogen-bond acceptors (Lipinski definition) is 3. The zero-order valence-corrected chi connectivity index (χ0v) is 14.7.